The molecule has 4 rings (SSSR count). The number of hydrogen-bond acceptors (Lipinski definition) is 3. The molecule has 0 bridgehead atoms. The van der Waals surface area contributed by atoms with Crippen LogP contribution in [-0.4, -0.2) is 24.0 Å². The molecule has 4 nitrogen and oxygen atoms in total. The summed E-state index contributed by atoms with van der Waals surface area (Å²) in [6.07, 6.45) is 3.66. The van der Waals surface area contributed by atoms with Gasteiger partial charge in [0.25, 0.3) is 5.91 Å². The molecule has 0 saturated carbocycles. The van der Waals surface area contributed by atoms with Gasteiger partial charge in [-0.05, 0) is 41.7 Å². The number of benzene rings is 2. The molecule has 0 radical (unpaired) electrons. The van der Waals surface area contributed by atoms with Crippen molar-refractivity contribution >= 4 is 11.6 Å². The minimum Gasteiger partial charge on any atom is -0.366 e. The number of anilines is 1. The second-order valence-corrected chi connectivity index (χ2v) is 6.83. The highest BCUT2D eigenvalue weighted by atomic mass is 16.1. The quantitative estimate of drug-likeness (QED) is 0.759. The lowest BCUT2D eigenvalue weighted by Crippen LogP contribution is -2.30. The van der Waals surface area contributed by atoms with E-state index in [4.69, 9.17) is 0 Å². The Morgan fingerprint density at radius 3 is 2.52 bits per heavy atom. The zero-order chi connectivity index (χ0) is 18.5. The molecule has 27 heavy (non-hydrogen) atoms. The van der Waals surface area contributed by atoms with Crippen LogP contribution in [0.3, 0.4) is 0 Å². The van der Waals surface area contributed by atoms with Gasteiger partial charge in [0.15, 0.2) is 0 Å². The van der Waals surface area contributed by atoms with E-state index in [9.17, 15) is 4.79 Å². The predicted molar refractivity (Wildman–Crippen MR) is 108 cm³/mol. The highest BCUT2D eigenvalue weighted by Crippen LogP contribution is 2.23. The van der Waals surface area contributed by atoms with Crippen molar-refractivity contribution in [2.75, 3.05) is 18.0 Å². The lowest BCUT2D eigenvalue weighted by molar-refractivity contribution is 0.0949. The first kappa shape index (κ1) is 17.3. The van der Waals surface area contributed by atoms with Crippen molar-refractivity contribution in [3.63, 3.8) is 0 Å². The third-order valence-corrected chi connectivity index (χ3v) is 5.02. The molecule has 0 saturated heterocycles. The number of nitrogens with one attached hydrogen (secondary N) is 1. The Labute approximate surface area is 159 Å². The van der Waals surface area contributed by atoms with Crippen molar-refractivity contribution in [1.82, 2.24) is 10.3 Å². The van der Waals surface area contributed by atoms with E-state index in [0.29, 0.717) is 12.2 Å². The molecule has 0 atom stereocenters. The van der Waals surface area contributed by atoms with E-state index in [1.54, 1.807) is 6.20 Å². The van der Waals surface area contributed by atoms with Gasteiger partial charge in [-0.15, -0.1) is 0 Å². The molecule has 2 aromatic carbocycles. The Bertz CT molecular complexity index is 906. The standard InChI is InChI=1S/C23H23N3O/c27-23(24-14-12-18-6-2-1-3-7-18)22-11-10-21(16-25-22)26-15-13-19-8-4-5-9-20(19)17-26/h1-11,16H,12-15,17H2,(H,24,27). The fourth-order valence-electron chi connectivity index (χ4n) is 3.48. The molecule has 1 aromatic heterocycles. The summed E-state index contributed by atoms with van der Waals surface area (Å²) in [6, 6.07) is 22.5. The Hall–Kier alpha value is -3.14. The van der Waals surface area contributed by atoms with Gasteiger partial charge in [0.2, 0.25) is 0 Å². The molecular weight excluding hydrogens is 334 g/mol. The second-order valence-electron chi connectivity index (χ2n) is 6.83. The van der Waals surface area contributed by atoms with E-state index in [1.165, 1.54) is 16.7 Å². The number of hydrogen-bond donors (Lipinski definition) is 1. The third-order valence-electron chi connectivity index (χ3n) is 5.02. The van der Waals surface area contributed by atoms with Gasteiger partial charge in [-0.3, -0.25) is 4.79 Å². The van der Waals surface area contributed by atoms with Crippen LogP contribution in [-0.2, 0) is 19.4 Å². The monoisotopic (exact) mass is 357 g/mol. The summed E-state index contributed by atoms with van der Waals surface area (Å²) in [6.45, 7) is 2.47. The van der Waals surface area contributed by atoms with E-state index >= 15 is 0 Å². The number of pyridine rings is 1. The minimum atomic E-state index is -0.124. The molecule has 0 spiro atoms. The number of nitrogens with zero attached hydrogens (tertiary/aromatic N) is 2. The SMILES string of the molecule is O=C(NCCc1ccccc1)c1ccc(N2CCc3ccccc3C2)cn1. The minimum absolute atomic E-state index is 0.124. The van der Waals surface area contributed by atoms with Gasteiger partial charge in [-0.1, -0.05) is 54.6 Å². The first-order valence-corrected chi connectivity index (χ1v) is 9.39. The normalized spacial score (nSPS) is 13.1. The number of aromatic nitrogens is 1. The molecule has 1 N–H and O–H groups in total. The van der Waals surface area contributed by atoms with Gasteiger partial charge in [-0.2, -0.15) is 0 Å². The molecule has 0 unspecified atom stereocenters. The summed E-state index contributed by atoms with van der Waals surface area (Å²) >= 11 is 0. The van der Waals surface area contributed by atoms with Crippen molar-refractivity contribution in [2.45, 2.75) is 19.4 Å². The average molecular weight is 357 g/mol. The van der Waals surface area contributed by atoms with Crippen molar-refractivity contribution in [3.8, 4) is 0 Å². The molecule has 3 aromatic rings. The van der Waals surface area contributed by atoms with Crippen LogP contribution in [0.1, 0.15) is 27.2 Å². The largest absolute Gasteiger partial charge is 0.366 e. The summed E-state index contributed by atoms with van der Waals surface area (Å²) < 4.78 is 0. The fraction of sp³-hybridized carbons (Fsp3) is 0.217. The van der Waals surface area contributed by atoms with E-state index in [1.807, 2.05) is 30.3 Å². The number of carbonyl (C=O) groups excluding carboxylic acids is 1. The molecule has 0 fully saturated rings. The lowest BCUT2D eigenvalue weighted by atomic mass is 10.00. The van der Waals surface area contributed by atoms with Gasteiger partial charge >= 0.3 is 0 Å². The molecule has 4 heteroatoms. The fourth-order valence-corrected chi connectivity index (χ4v) is 3.48. The topological polar surface area (TPSA) is 45.2 Å². The van der Waals surface area contributed by atoms with E-state index in [-0.39, 0.29) is 5.91 Å². The third kappa shape index (κ3) is 4.17. The second kappa shape index (κ2) is 8.04. The molecule has 1 amide bonds. The molecule has 136 valence electrons. The average Bonchev–Trinajstić information content (AvgIpc) is 2.74. The molecule has 1 aliphatic rings. The van der Waals surface area contributed by atoms with E-state index < -0.39 is 0 Å². The van der Waals surface area contributed by atoms with Crippen molar-refractivity contribution < 1.29 is 4.79 Å². The predicted octanol–water partition coefficient (Wildman–Crippen LogP) is 3.62. The maximum atomic E-state index is 12.3. The Kier molecular flexibility index (Phi) is 5.15. The van der Waals surface area contributed by atoms with Crippen LogP contribution in [0.25, 0.3) is 0 Å². The van der Waals surface area contributed by atoms with Crippen LogP contribution in [0, 0.1) is 0 Å². The number of carbonyl (C=O) groups is 1. The Balaban J connectivity index is 1.34. The van der Waals surface area contributed by atoms with Crippen molar-refractivity contribution in [1.29, 1.82) is 0 Å². The summed E-state index contributed by atoms with van der Waals surface area (Å²) in [4.78, 5) is 19.0. The number of amides is 1. The van der Waals surface area contributed by atoms with Gasteiger partial charge < -0.3 is 10.2 Å². The van der Waals surface area contributed by atoms with Crippen LogP contribution in [0.4, 0.5) is 5.69 Å². The maximum Gasteiger partial charge on any atom is 0.269 e. The van der Waals surface area contributed by atoms with Gasteiger partial charge in [0.1, 0.15) is 5.69 Å². The zero-order valence-corrected chi connectivity index (χ0v) is 15.3. The molecule has 2 heterocycles. The first-order chi connectivity index (χ1) is 13.3. The van der Waals surface area contributed by atoms with Gasteiger partial charge in [0.05, 0.1) is 11.9 Å². The molecular formula is C23H23N3O. The zero-order valence-electron chi connectivity index (χ0n) is 15.3. The number of rotatable bonds is 5. The van der Waals surface area contributed by atoms with Crippen LogP contribution in [0.5, 0.6) is 0 Å². The highest BCUT2D eigenvalue weighted by molar-refractivity contribution is 5.92. The van der Waals surface area contributed by atoms with Gasteiger partial charge in [0, 0.05) is 19.6 Å². The number of fused-ring (bicyclic) bond motifs is 1. The summed E-state index contributed by atoms with van der Waals surface area (Å²) in [7, 11) is 0. The highest BCUT2D eigenvalue weighted by Gasteiger charge is 2.17. The van der Waals surface area contributed by atoms with Crippen LogP contribution in [0.2, 0.25) is 0 Å². The Morgan fingerprint density at radius 1 is 0.963 bits per heavy atom. The summed E-state index contributed by atoms with van der Waals surface area (Å²) in [5.74, 6) is -0.124. The van der Waals surface area contributed by atoms with Crippen molar-refractivity contribution in [2.24, 2.45) is 0 Å². The summed E-state index contributed by atoms with van der Waals surface area (Å²) in [5, 5.41) is 2.94. The van der Waals surface area contributed by atoms with E-state index in [2.05, 4.69) is 51.6 Å². The molecule has 0 aliphatic carbocycles. The van der Waals surface area contributed by atoms with Crippen LogP contribution >= 0.6 is 0 Å². The lowest BCUT2D eigenvalue weighted by Gasteiger charge is -2.30. The smallest absolute Gasteiger partial charge is 0.269 e. The molecule has 1 aliphatic heterocycles. The van der Waals surface area contributed by atoms with Crippen LogP contribution in [0.15, 0.2) is 72.9 Å². The maximum absolute atomic E-state index is 12.3. The van der Waals surface area contributed by atoms with Crippen LogP contribution < -0.4 is 10.2 Å². The summed E-state index contributed by atoms with van der Waals surface area (Å²) in [5.41, 5.74) is 5.53. The first-order valence-electron chi connectivity index (χ1n) is 9.39. The van der Waals surface area contributed by atoms with Crippen molar-refractivity contribution in [3.05, 3.63) is 95.3 Å². The van der Waals surface area contributed by atoms with Gasteiger partial charge in [-0.25, -0.2) is 4.98 Å². The van der Waals surface area contributed by atoms with E-state index in [0.717, 1.165) is 31.6 Å². The Morgan fingerprint density at radius 2 is 1.74 bits per heavy atom.